The third-order valence-electron chi connectivity index (χ3n) is 4.98. The molecule has 0 amide bonds. The van der Waals surface area contributed by atoms with Crippen molar-refractivity contribution >= 4 is 17.3 Å². The predicted octanol–water partition coefficient (Wildman–Crippen LogP) is 2.51. The fourth-order valence-corrected chi connectivity index (χ4v) is 4.03. The van der Waals surface area contributed by atoms with E-state index in [1.54, 1.807) is 0 Å². The van der Waals surface area contributed by atoms with E-state index in [-0.39, 0.29) is 0 Å². The number of halogens is 1. The van der Waals surface area contributed by atoms with Gasteiger partial charge in [0.1, 0.15) is 0 Å². The minimum absolute atomic E-state index is 0.649. The molecular formula is C16H24ClN3. The Balaban J connectivity index is 1.87. The monoisotopic (exact) mass is 293 g/mol. The lowest BCUT2D eigenvalue weighted by molar-refractivity contribution is 0.254. The largest absolute Gasteiger partial charge is 0.370 e. The van der Waals surface area contributed by atoms with Gasteiger partial charge in [-0.25, -0.2) is 0 Å². The molecule has 2 aliphatic rings. The number of fused-ring (bicyclic) bond motifs is 2. The number of hydrogen-bond donors (Lipinski definition) is 1. The predicted molar refractivity (Wildman–Crippen MR) is 85.6 cm³/mol. The standard InChI is InChI=1S/C16H24ClN3/c1-19-12-5-6-13(19)11-20(10-8-12)16-4-2-3-15(17)14(16)7-9-18/h2-4,12-13H,5-11,18H2,1H3. The van der Waals surface area contributed by atoms with Crippen molar-refractivity contribution in [3.05, 3.63) is 28.8 Å². The maximum atomic E-state index is 6.38. The van der Waals surface area contributed by atoms with Crippen LogP contribution in [0.25, 0.3) is 0 Å². The maximum Gasteiger partial charge on any atom is 0.0459 e. The van der Waals surface area contributed by atoms with Crippen LogP contribution in [0.15, 0.2) is 18.2 Å². The molecule has 2 aliphatic heterocycles. The number of benzene rings is 1. The fourth-order valence-electron chi connectivity index (χ4n) is 3.76. The van der Waals surface area contributed by atoms with Crippen molar-refractivity contribution in [1.29, 1.82) is 0 Å². The van der Waals surface area contributed by atoms with Crippen molar-refractivity contribution < 1.29 is 0 Å². The van der Waals surface area contributed by atoms with Gasteiger partial charge in [-0.15, -0.1) is 0 Å². The van der Waals surface area contributed by atoms with Gasteiger partial charge in [-0.3, -0.25) is 4.90 Å². The number of anilines is 1. The van der Waals surface area contributed by atoms with E-state index < -0.39 is 0 Å². The van der Waals surface area contributed by atoms with E-state index in [2.05, 4.69) is 29.0 Å². The van der Waals surface area contributed by atoms with E-state index in [1.807, 2.05) is 6.07 Å². The Morgan fingerprint density at radius 2 is 2.05 bits per heavy atom. The molecule has 0 spiro atoms. The van der Waals surface area contributed by atoms with Gasteiger partial charge in [0.2, 0.25) is 0 Å². The topological polar surface area (TPSA) is 32.5 Å². The molecule has 2 saturated heterocycles. The molecule has 2 fully saturated rings. The summed E-state index contributed by atoms with van der Waals surface area (Å²) in [5, 5.41) is 0.857. The summed E-state index contributed by atoms with van der Waals surface area (Å²) in [6, 6.07) is 7.70. The van der Waals surface area contributed by atoms with Crippen molar-refractivity contribution in [2.45, 2.75) is 37.8 Å². The average molecular weight is 294 g/mol. The Morgan fingerprint density at radius 1 is 1.25 bits per heavy atom. The van der Waals surface area contributed by atoms with Crippen LogP contribution in [0.2, 0.25) is 5.02 Å². The molecule has 2 atom stereocenters. The Labute approximate surface area is 126 Å². The third kappa shape index (κ3) is 2.54. The Kier molecular flexibility index (Phi) is 4.20. The first-order valence-electron chi connectivity index (χ1n) is 7.65. The van der Waals surface area contributed by atoms with Crippen LogP contribution >= 0.6 is 11.6 Å². The summed E-state index contributed by atoms with van der Waals surface area (Å²) in [5.41, 5.74) is 8.27. The minimum Gasteiger partial charge on any atom is -0.370 e. The number of nitrogens with two attached hydrogens (primary N) is 1. The van der Waals surface area contributed by atoms with Gasteiger partial charge in [0.25, 0.3) is 0 Å². The number of hydrogen-bond acceptors (Lipinski definition) is 3. The third-order valence-corrected chi connectivity index (χ3v) is 5.33. The molecule has 0 saturated carbocycles. The highest BCUT2D eigenvalue weighted by molar-refractivity contribution is 6.31. The van der Waals surface area contributed by atoms with Gasteiger partial charge in [-0.2, -0.15) is 0 Å². The molecule has 20 heavy (non-hydrogen) atoms. The minimum atomic E-state index is 0.649. The maximum absolute atomic E-state index is 6.38. The van der Waals surface area contributed by atoms with Gasteiger partial charge >= 0.3 is 0 Å². The van der Waals surface area contributed by atoms with Crippen LogP contribution in [0, 0.1) is 0 Å². The van der Waals surface area contributed by atoms with E-state index in [9.17, 15) is 0 Å². The van der Waals surface area contributed by atoms with Gasteiger partial charge in [-0.05, 0) is 57.0 Å². The second-order valence-corrected chi connectivity index (χ2v) is 6.47. The van der Waals surface area contributed by atoms with Crippen LogP contribution < -0.4 is 10.6 Å². The molecule has 0 aliphatic carbocycles. The van der Waals surface area contributed by atoms with Gasteiger partial charge < -0.3 is 10.6 Å². The number of nitrogens with zero attached hydrogens (tertiary/aromatic N) is 2. The zero-order valence-corrected chi connectivity index (χ0v) is 12.9. The van der Waals surface area contributed by atoms with Gasteiger partial charge in [0.15, 0.2) is 0 Å². The van der Waals surface area contributed by atoms with E-state index in [4.69, 9.17) is 17.3 Å². The summed E-state index contributed by atoms with van der Waals surface area (Å²) in [6.45, 7) is 2.89. The lowest BCUT2D eigenvalue weighted by Crippen LogP contribution is -2.37. The van der Waals surface area contributed by atoms with E-state index in [0.29, 0.717) is 12.6 Å². The van der Waals surface area contributed by atoms with Crippen molar-refractivity contribution in [3.8, 4) is 0 Å². The molecule has 1 aromatic carbocycles. The molecule has 3 nitrogen and oxygen atoms in total. The van der Waals surface area contributed by atoms with Crippen molar-refractivity contribution in [3.63, 3.8) is 0 Å². The smallest absolute Gasteiger partial charge is 0.0459 e. The second-order valence-electron chi connectivity index (χ2n) is 6.06. The quantitative estimate of drug-likeness (QED) is 0.929. The summed E-state index contributed by atoms with van der Waals surface area (Å²) in [6.07, 6.45) is 4.79. The number of likely N-dealkylation sites (N-methyl/N-ethyl adjacent to an activating group) is 1. The molecule has 2 N–H and O–H groups in total. The highest BCUT2D eigenvalue weighted by atomic mass is 35.5. The van der Waals surface area contributed by atoms with Crippen molar-refractivity contribution in [2.75, 3.05) is 31.6 Å². The first-order chi connectivity index (χ1) is 9.70. The van der Waals surface area contributed by atoms with Crippen LogP contribution in [0.1, 0.15) is 24.8 Å². The van der Waals surface area contributed by atoms with E-state index >= 15 is 0 Å². The molecule has 2 unspecified atom stereocenters. The summed E-state index contributed by atoms with van der Waals surface area (Å²) >= 11 is 6.38. The zero-order valence-electron chi connectivity index (χ0n) is 12.2. The zero-order chi connectivity index (χ0) is 14.1. The fraction of sp³-hybridized carbons (Fsp3) is 0.625. The number of rotatable bonds is 3. The van der Waals surface area contributed by atoms with Crippen LogP contribution in [-0.4, -0.2) is 43.7 Å². The van der Waals surface area contributed by atoms with Crippen molar-refractivity contribution in [1.82, 2.24) is 4.90 Å². The Morgan fingerprint density at radius 3 is 2.85 bits per heavy atom. The van der Waals surface area contributed by atoms with Crippen LogP contribution in [0.3, 0.4) is 0 Å². The molecule has 1 aromatic rings. The van der Waals surface area contributed by atoms with Gasteiger partial charge in [0.05, 0.1) is 0 Å². The van der Waals surface area contributed by atoms with E-state index in [0.717, 1.165) is 30.6 Å². The molecule has 2 bridgehead atoms. The van der Waals surface area contributed by atoms with E-state index in [1.165, 1.54) is 30.5 Å². The molecular weight excluding hydrogens is 270 g/mol. The Bertz CT molecular complexity index is 477. The summed E-state index contributed by atoms with van der Waals surface area (Å²) in [5.74, 6) is 0. The molecule has 0 aromatic heterocycles. The highest BCUT2D eigenvalue weighted by Gasteiger charge is 2.35. The second kappa shape index (κ2) is 5.92. The highest BCUT2D eigenvalue weighted by Crippen LogP contribution is 2.34. The lowest BCUT2D eigenvalue weighted by atomic mass is 10.0. The first kappa shape index (κ1) is 14.2. The lowest BCUT2D eigenvalue weighted by Gasteiger charge is -2.29. The molecule has 4 heteroatoms. The first-order valence-corrected chi connectivity index (χ1v) is 8.03. The summed E-state index contributed by atoms with van der Waals surface area (Å²) < 4.78 is 0. The Hall–Kier alpha value is -0.770. The molecule has 110 valence electrons. The van der Waals surface area contributed by atoms with Gasteiger partial charge in [-0.1, -0.05) is 17.7 Å². The van der Waals surface area contributed by atoms with Crippen LogP contribution in [0.4, 0.5) is 5.69 Å². The summed E-state index contributed by atoms with van der Waals surface area (Å²) in [7, 11) is 2.28. The van der Waals surface area contributed by atoms with Crippen LogP contribution in [0.5, 0.6) is 0 Å². The molecule has 2 heterocycles. The van der Waals surface area contributed by atoms with Crippen LogP contribution in [-0.2, 0) is 6.42 Å². The van der Waals surface area contributed by atoms with Gasteiger partial charge in [0, 0.05) is 35.9 Å². The molecule has 3 rings (SSSR count). The molecule has 0 radical (unpaired) electrons. The SMILES string of the molecule is CN1C2CCC1CN(c1cccc(Cl)c1CCN)CC2. The van der Waals surface area contributed by atoms with Crippen molar-refractivity contribution in [2.24, 2.45) is 5.73 Å². The summed E-state index contributed by atoms with van der Waals surface area (Å²) in [4.78, 5) is 5.10. The average Bonchev–Trinajstić information content (AvgIpc) is 2.66. The normalized spacial score (nSPS) is 26.9.